The summed E-state index contributed by atoms with van der Waals surface area (Å²) in [6.07, 6.45) is 0. The summed E-state index contributed by atoms with van der Waals surface area (Å²) in [5.41, 5.74) is 0.691. The normalized spacial score (nSPS) is 10.2. The van der Waals surface area contributed by atoms with Gasteiger partial charge in [-0.25, -0.2) is 9.78 Å². The van der Waals surface area contributed by atoms with Crippen molar-refractivity contribution in [1.29, 1.82) is 0 Å². The highest BCUT2D eigenvalue weighted by Gasteiger charge is 2.18. The average molecular weight is 294 g/mol. The first kappa shape index (κ1) is 13.9. The molecule has 2 aromatic rings. The summed E-state index contributed by atoms with van der Waals surface area (Å²) in [5.74, 6) is -0.948. The number of nitro groups is 1. The summed E-state index contributed by atoms with van der Waals surface area (Å²) < 4.78 is 5.18. The zero-order valence-electron chi connectivity index (χ0n) is 10.4. The van der Waals surface area contributed by atoms with E-state index in [9.17, 15) is 14.9 Å². The minimum absolute atomic E-state index is 0.0588. The fraction of sp³-hybridized carbons (Fsp3) is 0.167. The van der Waals surface area contributed by atoms with E-state index in [1.807, 2.05) is 0 Å². The molecule has 1 heterocycles. The van der Waals surface area contributed by atoms with E-state index in [0.717, 1.165) is 11.3 Å². The molecule has 0 aliphatic carbocycles. The number of ether oxygens (including phenoxy) is 1. The number of benzene rings is 1. The largest absolute Gasteiger partial charge is 0.487 e. The number of nitro benzene ring substituents is 1. The Labute approximate surface area is 117 Å². The van der Waals surface area contributed by atoms with Gasteiger partial charge in [-0.3, -0.25) is 10.1 Å². The molecule has 7 nitrogen and oxygen atoms in total. The third kappa shape index (κ3) is 2.75. The molecule has 0 unspecified atom stereocenters. The van der Waals surface area contributed by atoms with E-state index in [0.29, 0.717) is 17.9 Å². The molecule has 0 spiro atoms. The van der Waals surface area contributed by atoms with Crippen LogP contribution in [0.5, 0.6) is 5.75 Å². The number of nitrogens with zero attached hydrogens (tertiary/aromatic N) is 2. The molecule has 0 radical (unpaired) electrons. The lowest BCUT2D eigenvalue weighted by Crippen LogP contribution is -1.98. The molecule has 0 fully saturated rings. The molecule has 20 heavy (non-hydrogen) atoms. The zero-order chi connectivity index (χ0) is 14.7. The lowest BCUT2D eigenvalue weighted by molar-refractivity contribution is -0.385. The van der Waals surface area contributed by atoms with Crippen molar-refractivity contribution in [2.75, 3.05) is 6.61 Å². The zero-order valence-corrected chi connectivity index (χ0v) is 11.2. The van der Waals surface area contributed by atoms with Crippen molar-refractivity contribution in [2.45, 2.75) is 6.92 Å². The summed E-state index contributed by atoms with van der Waals surface area (Å²) in [7, 11) is 0. The molecule has 104 valence electrons. The predicted molar refractivity (Wildman–Crippen MR) is 72.3 cm³/mol. The van der Waals surface area contributed by atoms with E-state index in [4.69, 9.17) is 9.84 Å². The van der Waals surface area contributed by atoms with Crippen molar-refractivity contribution in [3.8, 4) is 17.0 Å². The van der Waals surface area contributed by atoms with Gasteiger partial charge in [0.15, 0.2) is 5.75 Å². The molecule has 2 rings (SSSR count). The smallest absolute Gasteiger partial charge is 0.365 e. The Morgan fingerprint density at radius 1 is 1.55 bits per heavy atom. The predicted octanol–water partition coefficient (Wildman–Crippen LogP) is 2.82. The number of carbonyl (C=O) groups is 1. The molecular weight excluding hydrogens is 284 g/mol. The number of carboxylic acids is 1. The second-order valence-electron chi connectivity index (χ2n) is 3.72. The molecule has 8 heteroatoms. The third-order valence-electron chi connectivity index (χ3n) is 2.44. The van der Waals surface area contributed by atoms with Crippen LogP contribution < -0.4 is 4.74 Å². The van der Waals surface area contributed by atoms with Gasteiger partial charge >= 0.3 is 11.7 Å². The summed E-state index contributed by atoms with van der Waals surface area (Å²) >= 11 is 0.969. The Hall–Kier alpha value is -2.48. The van der Waals surface area contributed by atoms with Crippen LogP contribution in [-0.4, -0.2) is 27.6 Å². The van der Waals surface area contributed by atoms with E-state index in [2.05, 4.69) is 4.98 Å². The van der Waals surface area contributed by atoms with Crippen LogP contribution in [0.2, 0.25) is 0 Å². The van der Waals surface area contributed by atoms with Gasteiger partial charge in [0, 0.05) is 17.0 Å². The van der Waals surface area contributed by atoms with E-state index >= 15 is 0 Å². The number of hydrogen-bond acceptors (Lipinski definition) is 6. The Bertz CT molecular complexity index is 668. The number of hydrogen-bond donors (Lipinski definition) is 1. The summed E-state index contributed by atoms with van der Waals surface area (Å²) in [6.45, 7) is 2.05. The number of rotatable bonds is 5. The van der Waals surface area contributed by atoms with Gasteiger partial charge in [-0.15, -0.1) is 11.3 Å². The van der Waals surface area contributed by atoms with Crippen molar-refractivity contribution >= 4 is 23.0 Å². The van der Waals surface area contributed by atoms with Gasteiger partial charge in [-0.1, -0.05) is 0 Å². The minimum Gasteiger partial charge on any atom is -0.487 e. The van der Waals surface area contributed by atoms with Gasteiger partial charge < -0.3 is 9.84 Å². The number of aromatic carboxylic acids is 1. The van der Waals surface area contributed by atoms with Crippen LogP contribution in [0.3, 0.4) is 0 Å². The molecule has 0 atom stereocenters. The third-order valence-corrected chi connectivity index (χ3v) is 3.27. The molecule has 1 aromatic carbocycles. The van der Waals surface area contributed by atoms with Crippen LogP contribution in [0.4, 0.5) is 5.69 Å². The van der Waals surface area contributed by atoms with Gasteiger partial charge in [-0.2, -0.15) is 0 Å². The number of thiazole rings is 1. The molecule has 0 amide bonds. The standard InChI is InChI=1S/C12H10N2O5S/c1-2-19-10-4-3-7(5-9(10)14(17)18)8-6-20-11(13-8)12(15)16/h3-6H,2H2,1H3,(H,15,16). The maximum absolute atomic E-state index is 11.0. The maximum Gasteiger partial charge on any atom is 0.365 e. The Morgan fingerprint density at radius 2 is 2.30 bits per heavy atom. The maximum atomic E-state index is 11.0. The Balaban J connectivity index is 2.44. The Morgan fingerprint density at radius 3 is 2.85 bits per heavy atom. The van der Waals surface area contributed by atoms with Crippen LogP contribution >= 0.6 is 11.3 Å². The van der Waals surface area contributed by atoms with Crippen LogP contribution in [0.25, 0.3) is 11.3 Å². The highest BCUT2D eigenvalue weighted by atomic mass is 32.1. The SMILES string of the molecule is CCOc1ccc(-c2csc(C(=O)O)n2)cc1[N+](=O)[O-]. The highest BCUT2D eigenvalue weighted by Crippen LogP contribution is 2.32. The molecule has 0 aliphatic rings. The van der Waals surface area contributed by atoms with Gasteiger partial charge in [0.2, 0.25) is 5.01 Å². The van der Waals surface area contributed by atoms with Gasteiger partial charge in [0.05, 0.1) is 17.2 Å². The quantitative estimate of drug-likeness (QED) is 0.672. The van der Waals surface area contributed by atoms with E-state index in [1.165, 1.54) is 12.1 Å². The molecule has 1 N–H and O–H groups in total. The molecule has 0 saturated heterocycles. The molecule has 0 bridgehead atoms. The fourth-order valence-corrected chi connectivity index (χ4v) is 2.27. The van der Waals surface area contributed by atoms with E-state index < -0.39 is 10.9 Å². The van der Waals surface area contributed by atoms with Gasteiger partial charge in [0.25, 0.3) is 0 Å². The number of aromatic nitrogens is 1. The summed E-state index contributed by atoms with van der Waals surface area (Å²) in [4.78, 5) is 25.2. The first-order chi connectivity index (χ1) is 9.52. The minimum atomic E-state index is -1.12. The van der Waals surface area contributed by atoms with Gasteiger partial charge in [-0.05, 0) is 19.1 Å². The van der Waals surface area contributed by atoms with Crippen molar-refractivity contribution < 1.29 is 19.6 Å². The van der Waals surface area contributed by atoms with E-state index in [-0.39, 0.29) is 16.4 Å². The molecular formula is C12H10N2O5S. The summed E-state index contributed by atoms with van der Waals surface area (Å²) in [6, 6.07) is 4.42. The molecule has 0 saturated carbocycles. The average Bonchev–Trinajstić information content (AvgIpc) is 2.89. The van der Waals surface area contributed by atoms with Crippen LogP contribution in [0.1, 0.15) is 16.7 Å². The lowest BCUT2D eigenvalue weighted by atomic mass is 10.1. The second-order valence-corrected chi connectivity index (χ2v) is 4.57. The van der Waals surface area contributed by atoms with Crippen molar-refractivity contribution in [3.05, 3.63) is 38.7 Å². The topological polar surface area (TPSA) is 103 Å². The van der Waals surface area contributed by atoms with Crippen LogP contribution in [0, 0.1) is 10.1 Å². The van der Waals surface area contributed by atoms with Crippen molar-refractivity contribution in [2.24, 2.45) is 0 Å². The fourth-order valence-electron chi connectivity index (χ4n) is 1.60. The highest BCUT2D eigenvalue weighted by molar-refractivity contribution is 7.11. The van der Waals surface area contributed by atoms with Crippen LogP contribution in [-0.2, 0) is 0 Å². The lowest BCUT2D eigenvalue weighted by Gasteiger charge is -2.05. The second kappa shape index (κ2) is 5.66. The Kier molecular flexibility index (Phi) is 3.94. The molecule has 0 aliphatic heterocycles. The summed E-state index contributed by atoms with van der Waals surface area (Å²) in [5, 5.41) is 21.3. The van der Waals surface area contributed by atoms with E-state index in [1.54, 1.807) is 18.4 Å². The van der Waals surface area contributed by atoms with Crippen LogP contribution in [0.15, 0.2) is 23.6 Å². The molecule has 1 aromatic heterocycles. The van der Waals surface area contributed by atoms with Gasteiger partial charge in [0.1, 0.15) is 0 Å². The first-order valence-corrected chi connectivity index (χ1v) is 6.51. The monoisotopic (exact) mass is 294 g/mol. The van der Waals surface area contributed by atoms with Crippen molar-refractivity contribution in [1.82, 2.24) is 4.98 Å². The van der Waals surface area contributed by atoms with Crippen molar-refractivity contribution in [3.63, 3.8) is 0 Å². The number of carboxylic acid groups (broad SMARTS) is 1. The first-order valence-electron chi connectivity index (χ1n) is 5.63.